The molecule has 4 rings (SSSR count). The highest BCUT2D eigenvalue weighted by Gasteiger charge is 2.37. The second-order valence-electron chi connectivity index (χ2n) is 9.44. The molecule has 0 N–H and O–H groups in total. The van der Waals surface area contributed by atoms with Gasteiger partial charge in [-0.05, 0) is 67.3 Å². The fourth-order valence-corrected chi connectivity index (χ4v) is 5.49. The van der Waals surface area contributed by atoms with E-state index in [4.69, 9.17) is 8.92 Å². The number of benzene rings is 3. The molecule has 39 heavy (non-hydrogen) atoms. The van der Waals surface area contributed by atoms with Gasteiger partial charge in [0.25, 0.3) is 0 Å². The second kappa shape index (κ2) is 11.8. The fourth-order valence-electron chi connectivity index (χ4n) is 4.56. The Balaban J connectivity index is 1.35. The molecule has 1 saturated heterocycles. The number of para-hydroxylation sites is 1. The van der Waals surface area contributed by atoms with Gasteiger partial charge in [0.2, 0.25) is 5.91 Å². The Morgan fingerprint density at radius 1 is 0.923 bits per heavy atom. The summed E-state index contributed by atoms with van der Waals surface area (Å²) in [5.74, 6) is -1.82. The first-order valence-electron chi connectivity index (χ1n) is 12.8. The SMILES string of the molecule is CCc1cccc(CC)c1N1C[C@H](C(=O)OCC(=O)c2ccc(OS(=O)(=O)c3ccc(C)cc3)cc2)CC1=O. The molecular weight excluding hydrogens is 518 g/mol. The molecule has 0 spiro atoms. The summed E-state index contributed by atoms with van der Waals surface area (Å²) in [5.41, 5.74) is 4.11. The Morgan fingerprint density at radius 2 is 1.54 bits per heavy atom. The molecule has 0 aromatic heterocycles. The van der Waals surface area contributed by atoms with Gasteiger partial charge < -0.3 is 13.8 Å². The first kappa shape index (κ1) is 28.0. The van der Waals surface area contributed by atoms with Gasteiger partial charge in [0.1, 0.15) is 10.6 Å². The van der Waals surface area contributed by atoms with Crippen LogP contribution in [0.2, 0.25) is 0 Å². The fraction of sp³-hybridized carbons (Fsp3) is 0.300. The van der Waals surface area contributed by atoms with E-state index in [2.05, 4.69) is 0 Å². The van der Waals surface area contributed by atoms with E-state index in [1.54, 1.807) is 17.0 Å². The number of aryl methyl sites for hydroxylation is 3. The maximum Gasteiger partial charge on any atom is 0.339 e. The monoisotopic (exact) mass is 549 g/mol. The number of carbonyl (C=O) groups is 3. The van der Waals surface area contributed by atoms with Gasteiger partial charge in [-0.25, -0.2) is 0 Å². The predicted molar refractivity (Wildman–Crippen MR) is 146 cm³/mol. The van der Waals surface area contributed by atoms with Crippen LogP contribution in [0.4, 0.5) is 5.69 Å². The molecule has 0 unspecified atom stereocenters. The van der Waals surface area contributed by atoms with E-state index in [1.165, 1.54) is 36.4 Å². The first-order valence-corrected chi connectivity index (χ1v) is 14.3. The number of ketones is 1. The first-order chi connectivity index (χ1) is 18.6. The standard InChI is InChI=1S/C30H31NO7S/c1-4-21-7-6-8-22(5-2)29(21)31-18-24(17-28(31)33)30(34)37-19-27(32)23-11-13-25(14-12-23)38-39(35,36)26-15-9-20(3)10-16-26/h6-16,24H,4-5,17-19H2,1-3H3/t24-/m1/s1. The summed E-state index contributed by atoms with van der Waals surface area (Å²) >= 11 is 0. The summed E-state index contributed by atoms with van der Waals surface area (Å²) < 4.78 is 35.4. The number of hydrogen-bond donors (Lipinski definition) is 0. The van der Waals surface area contributed by atoms with Crippen molar-refractivity contribution in [1.82, 2.24) is 0 Å². The Morgan fingerprint density at radius 3 is 2.13 bits per heavy atom. The number of esters is 1. The number of anilines is 1. The van der Waals surface area contributed by atoms with E-state index in [1.807, 2.05) is 39.0 Å². The van der Waals surface area contributed by atoms with Gasteiger partial charge in [0.15, 0.2) is 12.4 Å². The van der Waals surface area contributed by atoms with Crippen LogP contribution in [0, 0.1) is 12.8 Å². The van der Waals surface area contributed by atoms with Crippen LogP contribution in [0.5, 0.6) is 5.75 Å². The number of ether oxygens (including phenoxy) is 1. The molecule has 204 valence electrons. The third-order valence-corrected chi connectivity index (χ3v) is 7.99. The van der Waals surface area contributed by atoms with Crippen LogP contribution in [0.25, 0.3) is 0 Å². The zero-order valence-electron chi connectivity index (χ0n) is 22.2. The molecule has 1 atom stereocenters. The lowest BCUT2D eigenvalue weighted by molar-refractivity contribution is -0.147. The maximum absolute atomic E-state index is 12.8. The van der Waals surface area contributed by atoms with Gasteiger partial charge in [-0.1, -0.05) is 49.7 Å². The number of rotatable bonds is 10. The Labute approximate surface area is 228 Å². The highest BCUT2D eigenvalue weighted by Crippen LogP contribution is 2.33. The average molecular weight is 550 g/mol. The third-order valence-electron chi connectivity index (χ3n) is 6.73. The molecule has 0 radical (unpaired) electrons. The summed E-state index contributed by atoms with van der Waals surface area (Å²) in [4.78, 5) is 39.9. The van der Waals surface area contributed by atoms with Gasteiger partial charge in [-0.15, -0.1) is 0 Å². The molecule has 1 aliphatic rings. The van der Waals surface area contributed by atoms with Crippen molar-refractivity contribution < 1.29 is 31.7 Å². The van der Waals surface area contributed by atoms with Crippen LogP contribution in [0.15, 0.2) is 71.6 Å². The summed E-state index contributed by atoms with van der Waals surface area (Å²) in [5, 5.41) is 0. The molecule has 1 fully saturated rings. The molecular formula is C30H31NO7S. The van der Waals surface area contributed by atoms with Crippen molar-refractivity contribution in [2.24, 2.45) is 5.92 Å². The van der Waals surface area contributed by atoms with E-state index in [0.29, 0.717) is 0 Å². The lowest BCUT2D eigenvalue weighted by Crippen LogP contribution is -2.29. The highest BCUT2D eigenvalue weighted by atomic mass is 32.2. The average Bonchev–Trinajstić information content (AvgIpc) is 3.32. The smallest absolute Gasteiger partial charge is 0.339 e. The van der Waals surface area contributed by atoms with E-state index in [-0.39, 0.29) is 35.1 Å². The third kappa shape index (κ3) is 6.37. The summed E-state index contributed by atoms with van der Waals surface area (Å²) in [7, 11) is -4.02. The van der Waals surface area contributed by atoms with Crippen molar-refractivity contribution in [3.05, 3.63) is 89.0 Å². The van der Waals surface area contributed by atoms with Crippen molar-refractivity contribution in [2.45, 2.75) is 44.9 Å². The molecule has 1 amide bonds. The Bertz CT molecular complexity index is 1460. The number of amides is 1. The minimum absolute atomic E-state index is 0.0215. The second-order valence-corrected chi connectivity index (χ2v) is 11.0. The number of nitrogens with zero attached hydrogens (tertiary/aromatic N) is 1. The quantitative estimate of drug-likeness (QED) is 0.206. The van der Waals surface area contributed by atoms with Crippen LogP contribution >= 0.6 is 0 Å². The van der Waals surface area contributed by atoms with Crippen molar-refractivity contribution in [2.75, 3.05) is 18.1 Å². The van der Waals surface area contributed by atoms with Gasteiger partial charge >= 0.3 is 16.1 Å². The number of carbonyl (C=O) groups excluding carboxylic acids is 3. The van der Waals surface area contributed by atoms with E-state index in [0.717, 1.165) is 35.2 Å². The molecule has 0 aliphatic carbocycles. The molecule has 0 bridgehead atoms. The predicted octanol–water partition coefficient (Wildman–Crippen LogP) is 4.67. The normalized spacial score (nSPS) is 15.3. The molecule has 9 heteroatoms. The topological polar surface area (TPSA) is 107 Å². The lowest BCUT2D eigenvalue weighted by atomic mass is 10.0. The zero-order chi connectivity index (χ0) is 28.2. The van der Waals surface area contributed by atoms with Crippen LogP contribution in [-0.2, 0) is 37.3 Å². The Hall–Kier alpha value is -3.98. The number of hydrogen-bond acceptors (Lipinski definition) is 7. The molecule has 8 nitrogen and oxygen atoms in total. The molecule has 3 aromatic carbocycles. The lowest BCUT2D eigenvalue weighted by Gasteiger charge is -2.23. The van der Waals surface area contributed by atoms with E-state index < -0.39 is 34.4 Å². The molecule has 1 aliphatic heterocycles. The van der Waals surface area contributed by atoms with E-state index >= 15 is 0 Å². The Kier molecular flexibility index (Phi) is 8.50. The van der Waals surface area contributed by atoms with E-state index in [9.17, 15) is 22.8 Å². The largest absolute Gasteiger partial charge is 0.457 e. The minimum atomic E-state index is -4.02. The number of Topliss-reactive ketones (excluding diaryl/α,β-unsaturated/α-hetero) is 1. The van der Waals surface area contributed by atoms with Crippen LogP contribution in [0.3, 0.4) is 0 Å². The molecule has 1 heterocycles. The summed E-state index contributed by atoms with van der Waals surface area (Å²) in [6, 6.07) is 17.8. The summed E-state index contributed by atoms with van der Waals surface area (Å²) in [6.07, 6.45) is 1.55. The van der Waals surface area contributed by atoms with Crippen molar-refractivity contribution in [3.63, 3.8) is 0 Å². The van der Waals surface area contributed by atoms with Crippen molar-refractivity contribution in [3.8, 4) is 5.75 Å². The van der Waals surface area contributed by atoms with Crippen LogP contribution in [0.1, 0.15) is 47.3 Å². The van der Waals surface area contributed by atoms with Crippen LogP contribution in [-0.4, -0.2) is 39.2 Å². The van der Waals surface area contributed by atoms with Gasteiger partial charge in [0, 0.05) is 24.2 Å². The zero-order valence-corrected chi connectivity index (χ0v) is 23.0. The molecule has 3 aromatic rings. The minimum Gasteiger partial charge on any atom is -0.457 e. The van der Waals surface area contributed by atoms with Gasteiger partial charge in [-0.3, -0.25) is 14.4 Å². The van der Waals surface area contributed by atoms with Crippen LogP contribution < -0.4 is 9.08 Å². The highest BCUT2D eigenvalue weighted by molar-refractivity contribution is 7.87. The van der Waals surface area contributed by atoms with Crippen molar-refractivity contribution >= 4 is 33.5 Å². The maximum atomic E-state index is 12.8. The van der Waals surface area contributed by atoms with Gasteiger partial charge in [-0.2, -0.15) is 8.42 Å². The van der Waals surface area contributed by atoms with Crippen molar-refractivity contribution in [1.29, 1.82) is 0 Å². The molecule has 0 saturated carbocycles. The summed E-state index contributed by atoms with van der Waals surface area (Å²) in [6.45, 7) is 5.62. The van der Waals surface area contributed by atoms with Gasteiger partial charge in [0.05, 0.1) is 5.92 Å².